The molecule has 0 aliphatic rings. The molecule has 1 heterocycles. The van der Waals surface area contributed by atoms with E-state index in [9.17, 15) is 9.59 Å². The number of anilines is 1. The van der Waals surface area contributed by atoms with E-state index in [1.807, 2.05) is 37.3 Å². The van der Waals surface area contributed by atoms with Crippen molar-refractivity contribution in [3.8, 4) is 0 Å². The van der Waals surface area contributed by atoms with Gasteiger partial charge in [-0.2, -0.15) is 0 Å². The molecule has 0 aliphatic heterocycles. The number of hydrogen-bond acceptors (Lipinski definition) is 3. The molecule has 0 saturated heterocycles. The molecule has 0 fully saturated rings. The molecule has 0 bridgehead atoms. The summed E-state index contributed by atoms with van der Waals surface area (Å²) in [4.78, 5) is 29.3. The summed E-state index contributed by atoms with van der Waals surface area (Å²) in [5.41, 5.74) is 3.01. The summed E-state index contributed by atoms with van der Waals surface area (Å²) >= 11 is 0. The minimum atomic E-state index is -0.398. The van der Waals surface area contributed by atoms with Crippen LogP contribution in [-0.4, -0.2) is 16.8 Å². The summed E-state index contributed by atoms with van der Waals surface area (Å²) in [5, 5.41) is 5.56. The Balaban J connectivity index is 1.88. The molecule has 134 valence electrons. The van der Waals surface area contributed by atoms with E-state index in [0.29, 0.717) is 11.3 Å². The fourth-order valence-electron chi connectivity index (χ4n) is 2.47. The topological polar surface area (TPSA) is 71.1 Å². The number of nitrogens with zero attached hydrogens (tertiary/aromatic N) is 1. The van der Waals surface area contributed by atoms with Crippen molar-refractivity contribution in [1.29, 1.82) is 0 Å². The minimum absolute atomic E-state index is 0.151. The summed E-state index contributed by atoms with van der Waals surface area (Å²) in [6, 6.07) is 19.7. The Morgan fingerprint density at radius 2 is 1.56 bits per heavy atom. The first-order valence-corrected chi connectivity index (χ1v) is 8.48. The highest BCUT2D eigenvalue weighted by Crippen LogP contribution is 2.15. The molecule has 27 heavy (non-hydrogen) atoms. The Bertz CT molecular complexity index is 967. The lowest BCUT2D eigenvalue weighted by Gasteiger charge is -2.12. The van der Waals surface area contributed by atoms with Gasteiger partial charge in [0.25, 0.3) is 11.8 Å². The Labute approximate surface area is 157 Å². The van der Waals surface area contributed by atoms with Crippen LogP contribution in [0.15, 0.2) is 84.8 Å². The quantitative estimate of drug-likeness (QED) is 0.682. The van der Waals surface area contributed by atoms with Crippen LogP contribution in [0.5, 0.6) is 0 Å². The number of para-hydroxylation sites is 1. The Morgan fingerprint density at radius 1 is 0.889 bits per heavy atom. The third-order valence-electron chi connectivity index (χ3n) is 3.94. The van der Waals surface area contributed by atoms with E-state index in [1.165, 1.54) is 0 Å². The van der Waals surface area contributed by atoms with Crippen molar-refractivity contribution in [2.45, 2.75) is 6.92 Å². The average Bonchev–Trinajstić information content (AvgIpc) is 2.70. The molecule has 5 nitrogen and oxygen atoms in total. The summed E-state index contributed by atoms with van der Waals surface area (Å²) in [7, 11) is 0. The molecule has 2 amide bonds. The number of nitrogens with one attached hydrogen (secondary N) is 2. The smallest absolute Gasteiger partial charge is 0.272 e. The highest BCUT2D eigenvalue weighted by atomic mass is 16.2. The van der Waals surface area contributed by atoms with Gasteiger partial charge in [-0.3, -0.25) is 14.6 Å². The number of rotatable bonds is 5. The Hall–Kier alpha value is -3.73. The number of amides is 2. The maximum atomic E-state index is 12.8. The van der Waals surface area contributed by atoms with Crippen LogP contribution in [0.25, 0.3) is 6.08 Å². The van der Waals surface area contributed by atoms with Gasteiger partial charge >= 0.3 is 0 Å². The number of aromatic nitrogens is 1. The van der Waals surface area contributed by atoms with Crippen LogP contribution in [0.2, 0.25) is 0 Å². The number of hydrogen-bond donors (Lipinski definition) is 2. The number of pyridine rings is 1. The molecule has 0 spiro atoms. The fraction of sp³-hybridized carbons (Fsp3) is 0.0455. The van der Waals surface area contributed by atoms with E-state index in [4.69, 9.17) is 0 Å². The molecule has 0 unspecified atom stereocenters. The van der Waals surface area contributed by atoms with Crippen LogP contribution < -0.4 is 10.6 Å². The van der Waals surface area contributed by atoms with E-state index in [0.717, 1.165) is 11.1 Å². The van der Waals surface area contributed by atoms with Crippen LogP contribution in [-0.2, 0) is 4.79 Å². The van der Waals surface area contributed by atoms with Gasteiger partial charge in [0.15, 0.2) is 0 Å². The second-order valence-corrected chi connectivity index (χ2v) is 5.93. The second kappa shape index (κ2) is 8.58. The standard InChI is InChI=1S/C22H19N3O2/c1-16-7-5-6-10-19(16)24-22(27)20(15-17-11-13-23-14-12-17)25-21(26)18-8-3-2-4-9-18/h2-15H,1H3,(H,24,27)(H,25,26). The normalized spacial score (nSPS) is 10.9. The monoisotopic (exact) mass is 357 g/mol. The van der Waals surface area contributed by atoms with Crippen LogP contribution in [0.4, 0.5) is 5.69 Å². The van der Waals surface area contributed by atoms with Crippen LogP contribution in [0, 0.1) is 6.92 Å². The lowest BCUT2D eigenvalue weighted by molar-refractivity contribution is -0.113. The fourth-order valence-corrected chi connectivity index (χ4v) is 2.47. The number of aryl methyl sites for hydroxylation is 1. The average molecular weight is 357 g/mol. The number of carbonyl (C=O) groups excluding carboxylic acids is 2. The van der Waals surface area contributed by atoms with Crippen molar-refractivity contribution in [3.63, 3.8) is 0 Å². The molecule has 5 heteroatoms. The lowest BCUT2D eigenvalue weighted by Crippen LogP contribution is -2.30. The van der Waals surface area contributed by atoms with Gasteiger partial charge < -0.3 is 10.6 Å². The zero-order chi connectivity index (χ0) is 19.1. The van der Waals surface area contributed by atoms with E-state index in [2.05, 4.69) is 15.6 Å². The maximum absolute atomic E-state index is 12.8. The highest BCUT2D eigenvalue weighted by molar-refractivity contribution is 6.10. The number of carbonyl (C=O) groups is 2. The van der Waals surface area contributed by atoms with Crippen molar-refractivity contribution in [3.05, 3.63) is 102 Å². The summed E-state index contributed by atoms with van der Waals surface area (Å²) in [5.74, 6) is -0.749. The molecule has 1 aromatic heterocycles. The first kappa shape index (κ1) is 18.1. The minimum Gasteiger partial charge on any atom is -0.320 e. The van der Waals surface area contributed by atoms with Gasteiger partial charge in [-0.15, -0.1) is 0 Å². The Morgan fingerprint density at radius 3 is 2.26 bits per heavy atom. The van der Waals surface area contributed by atoms with Gasteiger partial charge in [0, 0.05) is 23.6 Å². The van der Waals surface area contributed by atoms with Crippen LogP contribution >= 0.6 is 0 Å². The van der Waals surface area contributed by atoms with Gasteiger partial charge in [-0.05, 0) is 54.5 Å². The van der Waals surface area contributed by atoms with Gasteiger partial charge in [0.05, 0.1) is 0 Å². The largest absolute Gasteiger partial charge is 0.320 e. The molecular formula is C22H19N3O2. The van der Waals surface area contributed by atoms with Crippen molar-refractivity contribution < 1.29 is 9.59 Å². The predicted molar refractivity (Wildman–Crippen MR) is 106 cm³/mol. The summed E-state index contributed by atoms with van der Waals surface area (Å²) in [6.07, 6.45) is 4.87. The third-order valence-corrected chi connectivity index (χ3v) is 3.94. The Kier molecular flexibility index (Phi) is 5.74. The van der Waals surface area contributed by atoms with Crippen molar-refractivity contribution in [2.75, 3.05) is 5.32 Å². The van der Waals surface area contributed by atoms with E-state index < -0.39 is 5.91 Å². The van der Waals surface area contributed by atoms with Gasteiger partial charge in [0.2, 0.25) is 0 Å². The third kappa shape index (κ3) is 4.89. The molecule has 0 saturated carbocycles. The molecule has 2 aromatic carbocycles. The highest BCUT2D eigenvalue weighted by Gasteiger charge is 2.15. The molecule has 3 rings (SSSR count). The van der Waals surface area contributed by atoms with Gasteiger partial charge in [-0.25, -0.2) is 0 Å². The first-order valence-electron chi connectivity index (χ1n) is 8.48. The van der Waals surface area contributed by atoms with Crippen molar-refractivity contribution >= 4 is 23.6 Å². The first-order chi connectivity index (χ1) is 13.1. The van der Waals surface area contributed by atoms with Crippen LogP contribution in [0.1, 0.15) is 21.5 Å². The summed E-state index contributed by atoms with van der Waals surface area (Å²) in [6.45, 7) is 1.91. The zero-order valence-corrected chi connectivity index (χ0v) is 14.8. The SMILES string of the molecule is Cc1ccccc1NC(=O)C(=Cc1ccncc1)NC(=O)c1ccccc1. The van der Waals surface area contributed by atoms with Crippen molar-refractivity contribution in [1.82, 2.24) is 10.3 Å². The van der Waals surface area contributed by atoms with Gasteiger partial charge in [0.1, 0.15) is 5.70 Å². The number of benzene rings is 2. The van der Waals surface area contributed by atoms with Gasteiger partial charge in [-0.1, -0.05) is 36.4 Å². The molecule has 3 aromatic rings. The zero-order valence-electron chi connectivity index (χ0n) is 14.8. The summed E-state index contributed by atoms with van der Waals surface area (Å²) < 4.78 is 0. The molecule has 2 N–H and O–H groups in total. The molecular weight excluding hydrogens is 338 g/mol. The van der Waals surface area contributed by atoms with E-state index in [-0.39, 0.29) is 11.6 Å². The molecule has 0 aliphatic carbocycles. The maximum Gasteiger partial charge on any atom is 0.272 e. The van der Waals surface area contributed by atoms with E-state index >= 15 is 0 Å². The lowest BCUT2D eigenvalue weighted by atomic mass is 10.1. The van der Waals surface area contributed by atoms with E-state index in [1.54, 1.807) is 54.9 Å². The van der Waals surface area contributed by atoms with Crippen LogP contribution in [0.3, 0.4) is 0 Å². The van der Waals surface area contributed by atoms with Crippen molar-refractivity contribution in [2.24, 2.45) is 0 Å². The molecule has 0 atom stereocenters. The predicted octanol–water partition coefficient (Wildman–Crippen LogP) is 3.80. The second-order valence-electron chi connectivity index (χ2n) is 5.93. The molecule has 0 radical (unpaired) electrons.